The molecule has 6 nitrogen and oxygen atoms in total. The summed E-state index contributed by atoms with van der Waals surface area (Å²) in [5.41, 5.74) is -0.119. The summed E-state index contributed by atoms with van der Waals surface area (Å²) in [5, 5.41) is 5.10. The third-order valence-electron chi connectivity index (χ3n) is 4.56. The summed E-state index contributed by atoms with van der Waals surface area (Å²) in [6, 6.07) is 0.378. The fraction of sp³-hybridized carbons (Fsp3) is 0.632. The zero-order valence-corrected chi connectivity index (χ0v) is 16.6. The van der Waals surface area contributed by atoms with Crippen LogP contribution in [0, 0.1) is 5.41 Å². The summed E-state index contributed by atoms with van der Waals surface area (Å²) in [7, 11) is 1.46. The van der Waals surface area contributed by atoms with Gasteiger partial charge in [0.2, 0.25) is 5.91 Å². The first kappa shape index (κ1) is 22.0. The molecule has 1 aromatic heterocycles. The van der Waals surface area contributed by atoms with Crippen LogP contribution < -0.4 is 15.4 Å². The quantitative estimate of drug-likeness (QED) is 0.767. The molecule has 2 atom stereocenters. The van der Waals surface area contributed by atoms with Crippen molar-refractivity contribution >= 4 is 11.8 Å². The Kier molecular flexibility index (Phi) is 6.25. The average molecular weight is 401 g/mol. The number of rotatable bonds is 6. The molecular weight excluding hydrogens is 375 g/mol. The maximum Gasteiger partial charge on any atom is 0.425 e. The number of hydrogen-bond acceptors (Lipinski definition) is 4. The number of nitrogens with one attached hydrogen (secondary N) is 2. The van der Waals surface area contributed by atoms with Crippen molar-refractivity contribution in [2.24, 2.45) is 5.41 Å². The van der Waals surface area contributed by atoms with Gasteiger partial charge in [-0.25, -0.2) is 0 Å². The fourth-order valence-electron chi connectivity index (χ4n) is 2.66. The topological polar surface area (TPSA) is 80.3 Å². The number of amides is 2. The highest BCUT2D eigenvalue weighted by Gasteiger charge is 2.39. The number of carbonyl (C=O) groups is 2. The van der Waals surface area contributed by atoms with Crippen LogP contribution in [0.3, 0.4) is 0 Å². The predicted molar refractivity (Wildman–Crippen MR) is 97.1 cm³/mol. The second-order valence-corrected chi connectivity index (χ2v) is 8.07. The minimum absolute atomic E-state index is 0.000253. The smallest absolute Gasteiger partial charge is 0.425 e. The van der Waals surface area contributed by atoms with Crippen molar-refractivity contribution in [1.82, 2.24) is 15.6 Å². The lowest BCUT2D eigenvalue weighted by Crippen LogP contribution is -2.53. The molecule has 1 aliphatic rings. The Bertz CT molecular complexity index is 740. The van der Waals surface area contributed by atoms with Crippen LogP contribution in [-0.4, -0.2) is 42.2 Å². The molecule has 2 N–H and O–H groups in total. The summed E-state index contributed by atoms with van der Waals surface area (Å²) >= 11 is 0. The monoisotopic (exact) mass is 401 g/mol. The number of aromatic nitrogens is 1. The maximum atomic E-state index is 12.9. The van der Waals surface area contributed by atoms with Gasteiger partial charge in [0.1, 0.15) is 17.5 Å². The van der Waals surface area contributed by atoms with Crippen LogP contribution >= 0.6 is 0 Å². The Balaban J connectivity index is 2.28. The van der Waals surface area contributed by atoms with Crippen molar-refractivity contribution < 1.29 is 27.5 Å². The Morgan fingerprint density at radius 1 is 1.25 bits per heavy atom. The second kappa shape index (κ2) is 7.97. The van der Waals surface area contributed by atoms with E-state index in [0.717, 1.165) is 19.8 Å². The van der Waals surface area contributed by atoms with Crippen molar-refractivity contribution in [3.63, 3.8) is 0 Å². The molecule has 1 fully saturated rings. The van der Waals surface area contributed by atoms with Gasteiger partial charge < -0.3 is 15.4 Å². The number of halogens is 3. The summed E-state index contributed by atoms with van der Waals surface area (Å²) in [6.45, 7) is 6.28. The lowest BCUT2D eigenvalue weighted by atomic mass is 9.86. The lowest BCUT2D eigenvalue weighted by Gasteiger charge is -2.29. The highest BCUT2D eigenvalue weighted by Crippen LogP contribution is 2.44. The van der Waals surface area contributed by atoms with E-state index in [9.17, 15) is 22.8 Å². The molecule has 1 aliphatic carbocycles. The van der Waals surface area contributed by atoms with Gasteiger partial charge in [-0.3, -0.25) is 14.6 Å². The second-order valence-electron chi connectivity index (χ2n) is 8.07. The van der Waals surface area contributed by atoms with Crippen LogP contribution in [0.2, 0.25) is 0 Å². The molecule has 0 spiro atoms. The number of likely N-dealkylation sites (N-methyl/N-ethyl adjacent to an activating group) is 1. The van der Waals surface area contributed by atoms with E-state index >= 15 is 0 Å². The van der Waals surface area contributed by atoms with E-state index in [1.807, 2.05) is 0 Å². The Hall–Kier alpha value is -2.32. The van der Waals surface area contributed by atoms with E-state index < -0.39 is 29.6 Å². The van der Waals surface area contributed by atoms with Crippen molar-refractivity contribution in [1.29, 1.82) is 0 Å². The standard InChI is InChI=1S/C19H26F3N3O3/c1-10(19(20,21)22)28-14-8-13(24-9-12(14)11-6-7-11)16(26)25-15(17(27)23-5)18(2,3)4/h8-11,15H,6-7H2,1-5H3,(H,23,27)(H,25,26). The maximum absolute atomic E-state index is 12.9. The van der Waals surface area contributed by atoms with Crippen LogP contribution in [0.25, 0.3) is 0 Å². The van der Waals surface area contributed by atoms with Crippen LogP contribution in [-0.2, 0) is 4.79 Å². The van der Waals surface area contributed by atoms with Gasteiger partial charge in [-0.05, 0) is 31.1 Å². The molecule has 0 aromatic carbocycles. The molecule has 1 heterocycles. The van der Waals surface area contributed by atoms with E-state index in [4.69, 9.17) is 4.74 Å². The van der Waals surface area contributed by atoms with Crippen molar-refractivity contribution in [2.45, 2.75) is 64.8 Å². The number of carbonyl (C=O) groups excluding carboxylic acids is 2. The van der Waals surface area contributed by atoms with E-state index in [1.165, 1.54) is 19.3 Å². The van der Waals surface area contributed by atoms with Gasteiger partial charge in [0, 0.05) is 24.9 Å². The van der Waals surface area contributed by atoms with Gasteiger partial charge in [0.25, 0.3) is 5.91 Å². The normalized spacial score (nSPS) is 16.9. The van der Waals surface area contributed by atoms with Crippen molar-refractivity contribution in [3.8, 4) is 5.75 Å². The Morgan fingerprint density at radius 2 is 1.86 bits per heavy atom. The largest absolute Gasteiger partial charge is 0.481 e. The minimum Gasteiger partial charge on any atom is -0.481 e. The number of nitrogens with zero attached hydrogens (tertiary/aromatic N) is 1. The summed E-state index contributed by atoms with van der Waals surface area (Å²) in [6.07, 6.45) is -3.48. The van der Waals surface area contributed by atoms with Crippen LogP contribution in [0.1, 0.15) is 62.5 Å². The van der Waals surface area contributed by atoms with Crippen molar-refractivity contribution in [3.05, 3.63) is 23.5 Å². The molecule has 2 rings (SSSR count). The third kappa shape index (κ3) is 5.36. The van der Waals surface area contributed by atoms with Gasteiger partial charge in [-0.2, -0.15) is 13.2 Å². The number of pyridine rings is 1. The Labute approximate surface area is 162 Å². The van der Waals surface area contributed by atoms with Gasteiger partial charge in [0.05, 0.1) is 0 Å². The van der Waals surface area contributed by atoms with E-state index in [2.05, 4.69) is 15.6 Å². The molecule has 2 unspecified atom stereocenters. The highest BCUT2D eigenvalue weighted by atomic mass is 19.4. The molecule has 1 aromatic rings. The zero-order valence-electron chi connectivity index (χ0n) is 16.6. The Morgan fingerprint density at radius 3 is 2.32 bits per heavy atom. The first-order valence-electron chi connectivity index (χ1n) is 9.10. The molecular formula is C19H26F3N3O3. The van der Waals surface area contributed by atoms with Crippen LogP contribution in [0.4, 0.5) is 13.2 Å². The lowest BCUT2D eigenvalue weighted by molar-refractivity contribution is -0.189. The summed E-state index contributed by atoms with van der Waals surface area (Å²) in [4.78, 5) is 28.8. The molecule has 0 radical (unpaired) electrons. The van der Waals surface area contributed by atoms with E-state index in [-0.39, 0.29) is 23.3 Å². The van der Waals surface area contributed by atoms with Crippen molar-refractivity contribution in [2.75, 3.05) is 7.05 Å². The molecule has 0 aliphatic heterocycles. The highest BCUT2D eigenvalue weighted by molar-refractivity contribution is 5.96. The van der Waals surface area contributed by atoms with Gasteiger partial charge in [0.15, 0.2) is 6.10 Å². The van der Waals surface area contributed by atoms with Gasteiger partial charge in [-0.15, -0.1) is 0 Å². The number of alkyl halides is 3. The molecule has 0 bridgehead atoms. The van der Waals surface area contributed by atoms with E-state index in [0.29, 0.717) is 5.56 Å². The SMILES string of the molecule is CNC(=O)C(NC(=O)c1cc(OC(C)C(F)(F)F)c(C2CC2)cn1)C(C)(C)C. The minimum atomic E-state index is -4.52. The average Bonchev–Trinajstić information content (AvgIpc) is 3.41. The first-order chi connectivity index (χ1) is 12.8. The summed E-state index contributed by atoms with van der Waals surface area (Å²) in [5.74, 6) is -0.944. The molecule has 0 saturated heterocycles. The summed E-state index contributed by atoms with van der Waals surface area (Å²) < 4.78 is 43.8. The first-order valence-corrected chi connectivity index (χ1v) is 9.10. The van der Waals surface area contributed by atoms with Crippen LogP contribution in [0.15, 0.2) is 12.3 Å². The molecule has 1 saturated carbocycles. The zero-order chi connectivity index (χ0) is 21.3. The molecule has 156 valence electrons. The number of hydrogen-bond donors (Lipinski definition) is 2. The van der Waals surface area contributed by atoms with E-state index in [1.54, 1.807) is 20.8 Å². The van der Waals surface area contributed by atoms with Crippen LogP contribution in [0.5, 0.6) is 5.75 Å². The fourth-order valence-corrected chi connectivity index (χ4v) is 2.66. The van der Waals surface area contributed by atoms with Gasteiger partial charge >= 0.3 is 6.18 Å². The third-order valence-corrected chi connectivity index (χ3v) is 4.56. The molecule has 9 heteroatoms. The molecule has 2 amide bonds. The predicted octanol–water partition coefficient (Wildman–Crippen LogP) is 3.18. The number of ether oxygens (including phenoxy) is 1. The van der Waals surface area contributed by atoms with Gasteiger partial charge in [-0.1, -0.05) is 20.8 Å². The molecule has 28 heavy (non-hydrogen) atoms.